The molecule has 0 aliphatic carbocycles. The van der Waals surface area contributed by atoms with Crippen molar-refractivity contribution >= 4 is 50.6 Å². The summed E-state index contributed by atoms with van der Waals surface area (Å²) >= 11 is 9.12. The summed E-state index contributed by atoms with van der Waals surface area (Å²) in [6, 6.07) is 3.67. The number of pyridine rings is 1. The Balaban J connectivity index is 1.89. The van der Waals surface area contributed by atoms with Gasteiger partial charge in [0.1, 0.15) is 11.0 Å². The molecule has 0 fully saturated rings. The zero-order valence-corrected chi connectivity index (χ0v) is 13.9. The normalized spacial score (nSPS) is 12.7. The van der Waals surface area contributed by atoms with E-state index in [-0.39, 0.29) is 5.25 Å². The van der Waals surface area contributed by atoms with Gasteiger partial charge >= 0.3 is 0 Å². The van der Waals surface area contributed by atoms with Gasteiger partial charge in [0.15, 0.2) is 5.16 Å². The molecule has 0 spiro atoms. The number of rotatable bonds is 3. The molecule has 0 bridgehead atoms. The molecule has 1 atom stereocenters. The molecule has 1 unspecified atom stereocenters. The fraction of sp³-hybridized carbons (Fsp3) is 0.214. The van der Waals surface area contributed by atoms with E-state index >= 15 is 0 Å². The van der Waals surface area contributed by atoms with Crippen molar-refractivity contribution in [2.24, 2.45) is 0 Å². The van der Waals surface area contributed by atoms with Crippen LogP contribution in [-0.2, 0) is 0 Å². The molecule has 2 N–H and O–H groups in total. The predicted molar refractivity (Wildman–Crippen MR) is 90.1 cm³/mol. The molecule has 3 aromatic heterocycles. The summed E-state index contributed by atoms with van der Waals surface area (Å²) in [6.45, 7) is 4.18. The standard InChI is InChI=1S/C14H13ClN4S2/c1-7-6-20-11-5-17-10(3-9(7)11)8(2)21-14-18-12(15)4-13(16)19-14/h3-6,8H,1-2H3,(H2,16,18,19). The minimum absolute atomic E-state index is 0.117. The number of hydrogen-bond donors (Lipinski definition) is 1. The number of nitrogens with two attached hydrogens (primary N) is 1. The van der Waals surface area contributed by atoms with Crippen molar-refractivity contribution in [2.75, 3.05) is 5.73 Å². The smallest absolute Gasteiger partial charge is 0.191 e. The average molecular weight is 337 g/mol. The third kappa shape index (κ3) is 3.12. The molecule has 3 aromatic rings. The molecule has 0 aliphatic heterocycles. The van der Waals surface area contributed by atoms with Crippen LogP contribution in [0.25, 0.3) is 10.1 Å². The first-order valence-corrected chi connectivity index (χ1v) is 8.47. The van der Waals surface area contributed by atoms with Gasteiger partial charge in [-0.25, -0.2) is 9.97 Å². The molecule has 3 heterocycles. The number of thioether (sulfide) groups is 1. The third-order valence-electron chi connectivity index (χ3n) is 3.07. The van der Waals surface area contributed by atoms with Gasteiger partial charge in [0.25, 0.3) is 0 Å². The van der Waals surface area contributed by atoms with Gasteiger partial charge in [-0.15, -0.1) is 11.3 Å². The molecule has 21 heavy (non-hydrogen) atoms. The molecule has 4 nitrogen and oxygen atoms in total. The van der Waals surface area contributed by atoms with Crippen molar-refractivity contribution in [3.63, 3.8) is 0 Å². The molecular weight excluding hydrogens is 324 g/mol. The predicted octanol–water partition coefficient (Wildman–Crippen LogP) is 4.48. The Kier molecular flexibility index (Phi) is 4.01. The van der Waals surface area contributed by atoms with E-state index in [1.165, 1.54) is 33.5 Å². The first kappa shape index (κ1) is 14.6. The van der Waals surface area contributed by atoms with Gasteiger partial charge in [0.05, 0.1) is 15.6 Å². The second kappa shape index (κ2) is 5.79. The monoisotopic (exact) mass is 336 g/mol. The number of halogens is 1. The van der Waals surface area contributed by atoms with Crippen LogP contribution in [0.2, 0.25) is 5.15 Å². The van der Waals surface area contributed by atoms with Crippen LogP contribution < -0.4 is 5.73 Å². The van der Waals surface area contributed by atoms with E-state index in [9.17, 15) is 0 Å². The van der Waals surface area contributed by atoms with Crippen molar-refractivity contribution in [1.82, 2.24) is 15.0 Å². The van der Waals surface area contributed by atoms with Crippen LogP contribution in [0.15, 0.2) is 28.9 Å². The topological polar surface area (TPSA) is 64.7 Å². The summed E-state index contributed by atoms with van der Waals surface area (Å²) in [7, 11) is 0. The second-order valence-corrected chi connectivity index (χ2v) is 7.29. The Morgan fingerprint density at radius 2 is 2.14 bits per heavy atom. The molecule has 108 valence electrons. The second-order valence-electron chi connectivity index (χ2n) is 4.68. The van der Waals surface area contributed by atoms with E-state index in [1.54, 1.807) is 11.3 Å². The number of nitrogens with zero attached hydrogens (tertiary/aromatic N) is 3. The summed E-state index contributed by atoms with van der Waals surface area (Å²) in [6.07, 6.45) is 1.92. The number of aryl methyl sites for hydroxylation is 1. The van der Waals surface area contributed by atoms with Gasteiger partial charge < -0.3 is 5.73 Å². The van der Waals surface area contributed by atoms with Crippen LogP contribution in [0.5, 0.6) is 0 Å². The minimum Gasteiger partial charge on any atom is -0.384 e. The molecular formula is C14H13ClN4S2. The van der Waals surface area contributed by atoms with Gasteiger partial charge in [-0.1, -0.05) is 23.4 Å². The van der Waals surface area contributed by atoms with Crippen LogP contribution in [0.1, 0.15) is 23.4 Å². The van der Waals surface area contributed by atoms with Crippen LogP contribution >= 0.6 is 34.7 Å². The summed E-state index contributed by atoms with van der Waals surface area (Å²) in [5.74, 6) is 0.377. The Morgan fingerprint density at radius 1 is 1.33 bits per heavy atom. The molecule has 0 aliphatic rings. The van der Waals surface area contributed by atoms with Crippen molar-refractivity contribution in [1.29, 1.82) is 0 Å². The van der Waals surface area contributed by atoms with E-state index in [0.717, 1.165) is 5.69 Å². The minimum atomic E-state index is 0.117. The summed E-state index contributed by atoms with van der Waals surface area (Å²) in [5.41, 5.74) is 7.96. The number of thiophene rings is 1. The van der Waals surface area contributed by atoms with Crippen molar-refractivity contribution in [3.05, 3.63) is 40.1 Å². The number of fused-ring (bicyclic) bond motifs is 1. The van der Waals surface area contributed by atoms with Crippen LogP contribution in [0, 0.1) is 6.92 Å². The first-order valence-electron chi connectivity index (χ1n) is 6.33. The van der Waals surface area contributed by atoms with Crippen LogP contribution in [0.4, 0.5) is 5.82 Å². The average Bonchev–Trinajstić information content (AvgIpc) is 2.79. The molecule has 0 radical (unpaired) electrons. The zero-order chi connectivity index (χ0) is 15.0. The Morgan fingerprint density at radius 3 is 2.90 bits per heavy atom. The quantitative estimate of drug-likeness (QED) is 0.434. The Bertz CT molecular complexity index is 783. The lowest BCUT2D eigenvalue weighted by atomic mass is 10.2. The largest absolute Gasteiger partial charge is 0.384 e. The molecule has 0 saturated heterocycles. The van der Waals surface area contributed by atoms with E-state index in [1.807, 2.05) is 6.20 Å². The van der Waals surface area contributed by atoms with E-state index in [4.69, 9.17) is 17.3 Å². The lowest BCUT2D eigenvalue weighted by Crippen LogP contribution is -1.98. The summed E-state index contributed by atoms with van der Waals surface area (Å²) in [4.78, 5) is 12.9. The molecule has 0 aromatic carbocycles. The van der Waals surface area contributed by atoms with Gasteiger partial charge in [0, 0.05) is 12.3 Å². The molecule has 7 heteroatoms. The van der Waals surface area contributed by atoms with E-state index < -0.39 is 0 Å². The molecule has 0 amide bonds. The fourth-order valence-corrected chi connectivity index (χ4v) is 3.99. The summed E-state index contributed by atoms with van der Waals surface area (Å²) < 4.78 is 1.21. The van der Waals surface area contributed by atoms with E-state index in [2.05, 4.69) is 40.2 Å². The lowest BCUT2D eigenvalue weighted by Gasteiger charge is -2.10. The highest BCUT2D eigenvalue weighted by molar-refractivity contribution is 7.99. The van der Waals surface area contributed by atoms with Crippen LogP contribution in [-0.4, -0.2) is 15.0 Å². The van der Waals surface area contributed by atoms with Crippen molar-refractivity contribution < 1.29 is 0 Å². The van der Waals surface area contributed by atoms with Crippen molar-refractivity contribution in [3.8, 4) is 0 Å². The maximum Gasteiger partial charge on any atom is 0.191 e. The maximum atomic E-state index is 5.91. The number of nitrogen functional groups attached to an aromatic ring is 1. The fourth-order valence-electron chi connectivity index (χ4n) is 1.98. The van der Waals surface area contributed by atoms with Gasteiger partial charge in [-0.3, -0.25) is 4.98 Å². The van der Waals surface area contributed by atoms with Gasteiger partial charge in [-0.05, 0) is 36.2 Å². The van der Waals surface area contributed by atoms with Gasteiger partial charge in [-0.2, -0.15) is 0 Å². The lowest BCUT2D eigenvalue weighted by molar-refractivity contribution is 0.947. The van der Waals surface area contributed by atoms with E-state index in [0.29, 0.717) is 16.1 Å². The summed E-state index contributed by atoms with van der Waals surface area (Å²) in [5, 5.41) is 4.44. The Labute approximate surface area is 135 Å². The number of hydrogen-bond acceptors (Lipinski definition) is 6. The zero-order valence-electron chi connectivity index (χ0n) is 11.5. The third-order valence-corrected chi connectivity index (χ3v) is 5.30. The van der Waals surface area contributed by atoms with Crippen LogP contribution in [0.3, 0.4) is 0 Å². The van der Waals surface area contributed by atoms with Crippen molar-refractivity contribution in [2.45, 2.75) is 24.3 Å². The maximum absolute atomic E-state index is 5.91. The highest BCUT2D eigenvalue weighted by Crippen LogP contribution is 2.35. The number of aromatic nitrogens is 3. The molecule has 3 rings (SSSR count). The molecule has 0 saturated carbocycles. The first-order chi connectivity index (χ1) is 10.0. The highest BCUT2D eigenvalue weighted by atomic mass is 35.5. The number of anilines is 1. The highest BCUT2D eigenvalue weighted by Gasteiger charge is 2.13. The SMILES string of the molecule is Cc1csc2cnc(C(C)Sc3nc(N)cc(Cl)n3)cc12. The van der Waals surface area contributed by atoms with Gasteiger partial charge in [0.2, 0.25) is 0 Å². The Hall–Kier alpha value is -1.37.